The van der Waals surface area contributed by atoms with Crippen molar-refractivity contribution in [2.24, 2.45) is 0 Å². The highest BCUT2D eigenvalue weighted by Gasteiger charge is 2.41. The molecule has 1 fully saturated rings. The predicted molar refractivity (Wildman–Crippen MR) is 80.7 cm³/mol. The number of nitrogens with one attached hydrogen (secondary N) is 1. The summed E-state index contributed by atoms with van der Waals surface area (Å²) < 4.78 is 5.24. The molecule has 2 aromatic rings. The average Bonchev–Trinajstić information content (AvgIpc) is 3.19. The van der Waals surface area contributed by atoms with Crippen molar-refractivity contribution in [2.45, 2.75) is 37.6 Å². The van der Waals surface area contributed by atoms with Crippen molar-refractivity contribution in [1.29, 1.82) is 0 Å². The number of rotatable bonds is 4. The normalized spacial score (nSPS) is 17.1. The number of carbonyl (C=O) groups is 2. The van der Waals surface area contributed by atoms with E-state index >= 15 is 0 Å². The highest BCUT2D eigenvalue weighted by Crippen LogP contribution is 2.30. The summed E-state index contributed by atoms with van der Waals surface area (Å²) in [7, 11) is 0. The monoisotopic (exact) mass is 320 g/mol. The summed E-state index contributed by atoms with van der Waals surface area (Å²) in [4.78, 5) is 28.5. The minimum Gasteiger partial charge on any atom is -0.480 e. The number of carboxylic acids is 1. The lowest BCUT2D eigenvalue weighted by molar-refractivity contribution is -0.145. The number of hydrogen-bond acceptors (Lipinski definition) is 5. The molecular formula is C15H16N2O4S. The number of furan rings is 1. The van der Waals surface area contributed by atoms with Gasteiger partial charge in [0.25, 0.3) is 5.91 Å². The zero-order valence-corrected chi connectivity index (χ0v) is 12.7. The molecule has 2 N–H and O–H groups in total. The quantitative estimate of drug-likeness (QED) is 0.903. The molecule has 2 heterocycles. The Kier molecular flexibility index (Phi) is 3.98. The second-order valence-corrected chi connectivity index (χ2v) is 6.44. The van der Waals surface area contributed by atoms with Crippen LogP contribution in [0.15, 0.2) is 29.0 Å². The molecule has 3 rings (SSSR count). The van der Waals surface area contributed by atoms with Gasteiger partial charge in [0.05, 0.1) is 12.5 Å². The lowest BCUT2D eigenvalue weighted by Gasteiger charge is -2.33. The minimum atomic E-state index is -1.15. The highest BCUT2D eigenvalue weighted by molar-refractivity contribution is 7.16. The lowest BCUT2D eigenvalue weighted by Crippen LogP contribution is -2.55. The molecule has 1 amide bonds. The first kappa shape index (κ1) is 14.8. The summed E-state index contributed by atoms with van der Waals surface area (Å²) >= 11 is 1.19. The molecule has 6 nitrogen and oxygen atoms in total. The van der Waals surface area contributed by atoms with Crippen LogP contribution < -0.4 is 5.32 Å². The van der Waals surface area contributed by atoms with E-state index in [2.05, 4.69) is 10.3 Å². The van der Waals surface area contributed by atoms with Crippen molar-refractivity contribution in [3.8, 4) is 10.8 Å². The Balaban J connectivity index is 1.77. The smallest absolute Gasteiger partial charge is 0.329 e. The summed E-state index contributed by atoms with van der Waals surface area (Å²) in [5, 5.41) is 12.8. The molecule has 1 saturated carbocycles. The standard InChI is InChI=1S/C15H16N2O4S/c18-12(17-15(14(19)20)6-2-1-3-7-15)11-9-16-13(22-11)10-5-4-8-21-10/h4-5,8-9H,1-3,6-7H2,(H,17,18)(H,19,20). The summed E-state index contributed by atoms with van der Waals surface area (Å²) in [6.07, 6.45) is 6.57. The van der Waals surface area contributed by atoms with E-state index in [-0.39, 0.29) is 5.91 Å². The topological polar surface area (TPSA) is 92.4 Å². The fourth-order valence-corrected chi connectivity index (χ4v) is 3.50. The Morgan fingerprint density at radius 3 is 2.73 bits per heavy atom. The summed E-state index contributed by atoms with van der Waals surface area (Å²) in [6.45, 7) is 0. The molecule has 0 spiro atoms. The van der Waals surface area contributed by atoms with Gasteiger partial charge in [-0.25, -0.2) is 9.78 Å². The van der Waals surface area contributed by atoms with Crippen LogP contribution in [0.2, 0.25) is 0 Å². The third-order valence-corrected chi connectivity index (χ3v) is 4.94. The van der Waals surface area contributed by atoms with Gasteiger partial charge in [0.15, 0.2) is 10.8 Å². The predicted octanol–water partition coefficient (Wildman–Crippen LogP) is 2.92. The van der Waals surface area contributed by atoms with Crippen LogP contribution in [0.1, 0.15) is 41.8 Å². The number of aromatic nitrogens is 1. The van der Waals surface area contributed by atoms with Gasteiger partial charge in [-0.15, -0.1) is 11.3 Å². The van der Waals surface area contributed by atoms with Crippen LogP contribution in [-0.2, 0) is 4.79 Å². The third-order valence-electron chi connectivity index (χ3n) is 3.93. The minimum absolute atomic E-state index is 0.387. The van der Waals surface area contributed by atoms with Gasteiger partial charge in [-0.05, 0) is 25.0 Å². The van der Waals surface area contributed by atoms with Gasteiger partial charge in [-0.1, -0.05) is 19.3 Å². The molecule has 0 atom stereocenters. The molecule has 0 saturated heterocycles. The van der Waals surface area contributed by atoms with Crippen LogP contribution in [0.4, 0.5) is 0 Å². The molecule has 0 aromatic carbocycles. The van der Waals surface area contributed by atoms with E-state index in [9.17, 15) is 14.7 Å². The first-order valence-electron chi connectivity index (χ1n) is 7.16. The molecule has 2 aromatic heterocycles. The molecule has 0 bridgehead atoms. The molecule has 7 heteroatoms. The van der Waals surface area contributed by atoms with Gasteiger partial charge in [0.1, 0.15) is 10.4 Å². The molecule has 1 aliphatic carbocycles. The fraction of sp³-hybridized carbons (Fsp3) is 0.400. The molecule has 1 aliphatic rings. The number of aliphatic carboxylic acids is 1. The molecule has 22 heavy (non-hydrogen) atoms. The van der Waals surface area contributed by atoms with E-state index in [0.717, 1.165) is 19.3 Å². The van der Waals surface area contributed by atoms with Crippen LogP contribution in [0.25, 0.3) is 10.8 Å². The summed E-state index contributed by atoms with van der Waals surface area (Å²) in [5.74, 6) is -0.759. The van der Waals surface area contributed by atoms with Crippen molar-refractivity contribution in [2.75, 3.05) is 0 Å². The number of nitrogens with zero attached hydrogens (tertiary/aromatic N) is 1. The molecule has 0 aliphatic heterocycles. The summed E-state index contributed by atoms with van der Waals surface area (Å²) in [6, 6.07) is 3.51. The average molecular weight is 320 g/mol. The Morgan fingerprint density at radius 1 is 1.32 bits per heavy atom. The maximum atomic E-state index is 12.4. The van der Waals surface area contributed by atoms with Gasteiger partial charge in [-0.2, -0.15) is 0 Å². The van der Waals surface area contributed by atoms with Gasteiger partial charge < -0.3 is 14.8 Å². The Morgan fingerprint density at radius 2 is 2.09 bits per heavy atom. The van der Waals surface area contributed by atoms with E-state index in [1.807, 2.05) is 0 Å². The molecule has 0 unspecified atom stereocenters. The largest absolute Gasteiger partial charge is 0.480 e. The number of hydrogen-bond donors (Lipinski definition) is 2. The zero-order valence-electron chi connectivity index (χ0n) is 11.9. The van der Waals surface area contributed by atoms with Crippen LogP contribution in [0, 0.1) is 0 Å². The lowest BCUT2D eigenvalue weighted by atomic mass is 9.81. The Bertz CT molecular complexity index is 672. The summed E-state index contributed by atoms with van der Waals surface area (Å²) in [5.41, 5.74) is -1.15. The number of carbonyl (C=O) groups excluding carboxylic acids is 1. The van der Waals surface area contributed by atoms with Crippen LogP contribution in [0.3, 0.4) is 0 Å². The second kappa shape index (κ2) is 5.92. The number of thiazole rings is 1. The van der Waals surface area contributed by atoms with Crippen molar-refractivity contribution in [3.63, 3.8) is 0 Å². The van der Waals surface area contributed by atoms with Crippen molar-refractivity contribution >= 4 is 23.2 Å². The van der Waals surface area contributed by atoms with Crippen molar-refractivity contribution in [3.05, 3.63) is 29.5 Å². The van der Waals surface area contributed by atoms with Gasteiger partial charge >= 0.3 is 5.97 Å². The first-order valence-corrected chi connectivity index (χ1v) is 7.98. The maximum absolute atomic E-state index is 12.4. The zero-order chi connectivity index (χ0) is 15.6. The van der Waals surface area contributed by atoms with E-state index in [4.69, 9.17) is 4.42 Å². The number of carboxylic acid groups (broad SMARTS) is 1. The fourth-order valence-electron chi connectivity index (χ4n) is 2.72. The Labute approximate surface area is 131 Å². The van der Waals surface area contributed by atoms with Gasteiger partial charge in [-0.3, -0.25) is 4.79 Å². The molecule has 116 valence electrons. The third kappa shape index (κ3) is 2.76. The van der Waals surface area contributed by atoms with Gasteiger partial charge in [0.2, 0.25) is 0 Å². The second-order valence-electron chi connectivity index (χ2n) is 5.41. The van der Waals surface area contributed by atoms with E-state index in [1.165, 1.54) is 23.8 Å². The first-order chi connectivity index (χ1) is 10.6. The van der Waals surface area contributed by atoms with E-state index in [1.54, 1.807) is 12.1 Å². The van der Waals surface area contributed by atoms with Crippen molar-refractivity contribution in [1.82, 2.24) is 10.3 Å². The highest BCUT2D eigenvalue weighted by atomic mass is 32.1. The SMILES string of the molecule is O=C(NC1(C(=O)O)CCCCC1)c1cnc(-c2ccco2)s1. The maximum Gasteiger partial charge on any atom is 0.329 e. The van der Waals surface area contributed by atoms with Crippen LogP contribution >= 0.6 is 11.3 Å². The molecular weight excluding hydrogens is 304 g/mol. The van der Waals surface area contributed by atoms with Crippen LogP contribution in [0.5, 0.6) is 0 Å². The van der Waals surface area contributed by atoms with E-state index in [0.29, 0.717) is 28.5 Å². The molecule has 0 radical (unpaired) electrons. The van der Waals surface area contributed by atoms with Crippen molar-refractivity contribution < 1.29 is 19.1 Å². The van der Waals surface area contributed by atoms with E-state index < -0.39 is 11.5 Å². The Hall–Kier alpha value is -2.15. The van der Waals surface area contributed by atoms with Crippen LogP contribution in [-0.4, -0.2) is 27.5 Å². The number of amides is 1. The van der Waals surface area contributed by atoms with Gasteiger partial charge in [0, 0.05) is 0 Å².